The van der Waals surface area contributed by atoms with Crippen LogP contribution >= 0.6 is 0 Å². The molecule has 0 saturated carbocycles. The number of nitrogens with two attached hydrogens (primary N) is 1. The first-order chi connectivity index (χ1) is 7.93. The van der Waals surface area contributed by atoms with Crippen LogP contribution in [0.15, 0.2) is 18.5 Å². The average Bonchev–Trinajstić information content (AvgIpc) is 2.29. The molecule has 1 unspecified atom stereocenters. The van der Waals surface area contributed by atoms with Crippen molar-refractivity contribution in [2.24, 2.45) is 5.84 Å². The van der Waals surface area contributed by atoms with E-state index in [4.69, 9.17) is 10.6 Å². The molecule has 1 heterocycles. The van der Waals surface area contributed by atoms with Crippen LogP contribution in [0.5, 0.6) is 5.75 Å². The maximum atomic E-state index is 5.67. The van der Waals surface area contributed by atoms with Gasteiger partial charge in [0.2, 0.25) is 0 Å². The maximum Gasteiger partial charge on any atom is 0.137 e. The number of hydrazine groups is 1. The molecule has 5 nitrogen and oxygen atoms in total. The Morgan fingerprint density at radius 3 is 2.53 bits per heavy atom. The van der Waals surface area contributed by atoms with Gasteiger partial charge in [-0.05, 0) is 39.6 Å². The van der Waals surface area contributed by atoms with E-state index in [1.54, 1.807) is 19.5 Å². The van der Waals surface area contributed by atoms with E-state index in [0.29, 0.717) is 0 Å². The van der Waals surface area contributed by atoms with Crippen molar-refractivity contribution < 1.29 is 4.74 Å². The van der Waals surface area contributed by atoms with E-state index in [0.717, 1.165) is 11.3 Å². The van der Waals surface area contributed by atoms with Crippen LogP contribution in [0, 0.1) is 0 Å². The third-order valence-corrected chi connectivity index (χ3v) is 3.33. The second-order valence-corrected chi connectivity index (χ2v) is 4.81. The fraction of sp³-hybridized carbons (Fsp3) is 0.583. The molecule has 0 fully saturated rings. The van der Waals surface area contributed by atoms with Crippen molar-refractivity contribution in [1.29, 1.82) is 0 Å². The number of hydrogen-bond acceptors (Lipinski definition) is 5. The van der Waals surface area contributed by atoms with Crippen molar-refractivity contribution in [2.75, 3.05) is 21.2 Å². The lowest BCUT2D eigenvalue weighted by atomic mass is 9.89. The van der Waals surface area contributed by atoms with Crippen molar-refractivity contribution >= 4 is 0 Å². The molecule has 0 bridgehead atoms. The summed E-state index contributed by atoms with van der Waals surface area (Å²) in [5.41, 5.74) is 3.72. The molecular formula is C12H22N4O. The molecule has 1 aromatic rings. The molecule has 3 N–H and O–H groups in total. The predicted molar refractivity (Wildman–Crippen MR) is 68.6 cm³/mol. The van der Waals surface area contributed by atoms with Crippen LogP contribution in [0.4, 0.5) is 0 Å². The Balaban J connectivity index is 3.09. The minimum absolute atomic E-state index is 0.0277. The molecule has 0 aliphatic carbocycles. The molecule has 96 valence electrons. The zero-order valence-electron chi connectivity index (χ0n) is 11.2. The third kappa shape index (κ3) is 2.94. The minimum Gasteiger partial charge on any atom is -0.495 e. The Kier molecular flexibility index (Phi) is 4.45. The van der Waals surface area contributed by atoms with Crippen LogP contribution in [0.1, 0.15) is 25.5 Å². The monoisotopic (exact) mass is 238 g/mol. The highest BCUT2D eigenvalue weighted by Crippen LogP contribution is 2.29. The highest BCUT2D eigenvalue weighted by Gasteiger charge is 2.32. The number of likely N-dealkylation sites (N-methyl/N-ethyl adjacent to an activating group) is 1. The number of pyridine rings is 1. The Morgan fingerprint density at radius 2 is 2.06 bits per heavy atom. The molecule has 0 aliphatic rings. The summed E-state index contributed by atoms with van der Waals surface area (Å²) in [7, 11) is 5.68. The SMILES string of the molecule is COc1cncc(C(NN)C(C)(C)N(C)C)c1. The lowest BCUT2D eigenvalue weighted by molar-refractivity contribution is 0.138. The second kappa shape index (κ2) is 5.44. The number of methoxy groups -OCH3 is 1. The molecule has 17 heavy (non-hydrogen) atoms. The van der Waals surface area contributed by atoms with E-state index in [9.17, 15) is 0 Å². The molecule has 0 amide bonds. The van der Waals surface area contributed by atoms with Gasteiger partial charge in [0.15, 0.2) is 0 Å². The second-order valence-electron chi connectivity index (χ2n) is 4.81. The van der Waals surface area contributed by atoms with E-state index in [1.165, 1.54) is 0 Å². The fourth-order valence-corrected chi connectivity index (χ4v) is 1.67. The lowest BCUT2D eigenvalue weighted by Crippen LogP contribution is -2.51. The highest BCUT2D eigenvalue weighted by molar-refractivity contribution is 5.28. The first-order valence-electron chi connectivity index (χ1n) is 5.56. The van der Waals surface area contributed by atoms with Crippen molar-refractivity contribution in [3.05, 3.63) is 24.0 Å². The maximum absolute atomic E-state index is 5.67. The van der Waals surface area contributed by atoms with Gasteiger partial charge in [0.05, 0.1) is 19.3 Å². The predicted octanol–water partition coefficient (Wildman–Crippen LogP) is 0.935. The summed E-state index contributed by atoms with van der Waals surface area (Å²) in [6.45, 7) is 4.24. The average molecular weight is 238 g/mol. The summed E-state index contributed by atoms with van der Waals surface area (Å²) in [6.07, 6.45) is 3.48. The van der Waals surface area contributed by atoms with E-state index < -0.39 is 0 Å². The van der Waals surface area contributed by atoms with Crippen LogP contribution in [0.25, 0.3) is 0 Å². The number of aromatic nitrogens is 1. The van der Waals surface area contributed by atoms with E-state index in [-0.39, 0.29) is 11.6 Å². The Morgan fingerprint density at radius 1 is 1.41 bits per heavy atom. The molecule has 0 spiro atoms. The number of nitrogens with one attached hydrogen (secondary N) is 1. The first-order valence-corrected chi connectivity index (χ1v) is 5.56. The lowest BCUT2D eigenvalue weighted by Gasteiger charge is -2.39. The van der Waals surface area contributed by atoms with Crippen molar-refractivity contribution in [3.63, 3.8) is 0 Å². The summed E-state index contributed by atoms with van der Waals surface area (Å²) >= 11 is 0. The third-order valence-electron chi connectivity index (χ3n) is 3.33. The number of nitrogens with zero attached hydrogens (tertiary/aromatic N) is 2. The topological polar surface area (TPSA) is 63.4 Å². The first kappa shape index (κ1) is 13.9. The highest BCUT2D eigenvalue weighted by atomic mass is 16.5. The Labute approximate surface area is 103 Å². The molecule has 1 rings (SSSR count). The summed E-state index contributed by atoms with van der Waals surface area (Å²) < 4.78 is 5.18. The van der Waals surface area contributed by atoms with Crippen molar-refractivity contribution in [1.82, 2.24) is 15.3 Å². The zero-order valence-corrected chi connectivity index (χ0v) is 11.2. The molecular weight excluding hydrogens is 216 g/mol. The molecule has 1 aromatic heterocycles. The summed E-state index contributed by atoms with van der Waals surface area (Å²) in [6, 6.07) is 1.92. The van der Waals surface area contributed by atoms with Gasteiger partial charge < -0.3 is 9.64 Å². The van der Waals surface area contributed by atoms with E-state index in [1.807, 2.05) is 20.2 Å². The van der Waals surface area contributed by atoms with Gasteiger partial charge in [-0.2, -0.15) is 0 Å². The molecule has 0 radical (unpaired) electrons. The number of rotatable bonds is 5. The molecule has 1 atom stereocenters. The van der Waals surface area contributed by atoms with Gasteiger partial charge in [-0.3, -0.25) is 16.3 Å². The fourth-order valence-electron chi connectivity index (χ4n) is 1.67. The summed E-state index contributed by atoms with van der Waals surface area (Å²) in [4.78, 5) is 6.28. The summed E-state index contributed by atoms with van der Waals surface area (Å²) in [5.74, 6) is 6.41. The normalized spacial score (nSPS) is 13.8. The number of hydrogen-bond donors (Lipinski definition) is 2. The van der Waals surface area contributed by atoms with Crippen molar-refractivity contribution in [3.8, 4) is 5.75 Å². The smallest absolute Gasteiger partial charge is 0.137 e. The van der Waals surface area contributed by atoms with Gasteiger partial charge in [0.1, 0.15) is 5.75 Å². The van der Waals surface area contributed by atoms with Crippen LogP contribution in [0.2, 0.25) is 0 Å². The van der Waals surface area contributed by atoms with E-state index >= 15 is 0 Å². The van der Waals surface area contributed by atoms with Crippen molar-refractivity contribution in [2.45, 2.75) is 25.4 Å². The van der Waals surface area contributed by atoms with Gasteiger partial charge in [0, 0.05) is 11.7 Å². The summed E-state index contributed by atoms with van der Waals surface area (Å²) in [5, 5.41) is 0. The Hall–Kier alpha value is -1.17. The molecule has 0 aliphatic heterocycles. The Bertz CT molecular complexity index is 365. The van der Waals surface area contributed by atoms with Gasteiger partial charge in [-0.15, -0.1) is 0 Å². The van der Waals surface area contributed by atoms with Crippen LogP contribution in [-0.2, 0) is 0 Å². The van der Waals surface area contributed by atoms with Gasteiger partial charge in [-0.1, -0.05) is 0 Å². The largest absolute Gasteiger partial charge is 0.495 e. The van der Waals surface area contributed by atoms with Gasteiger partial charge in [0.25, 0.3) is 0 Å². The van der Waals surface area contributed by atoms with Crippen LogP contribution in [0.3, 0.4) is 0 Å². The van der Waals surface area contributed by atoms with Gasteiger partial charge >= 0.3 is 0 Å². The van der Waals surface area contributed by atoms with Crippen LogP contribution < -0.4 is 16.0 Å². The molecule has 0 aromatic carbocycles. The van der Waals surface area contributed by atoms with Crippen LogP contribution in [-0.4, -0.2) is 36.6 Å². The number of ether oxygens (including phenoxy) is 1. The van der Waals surface area contributed by atoms with E-state index in [2.05, 4.69) is 29.2 Å². The van der Waals surface area contributed by atoms with Gasteiger partial charge in [-0.25, -0.2) is 0 Å². The quantitative estimate of drug-likeness (QED) is 0.590. The minimum atomic E-state index is -0.136. The molecule has 0 saturated heterocycles. The standard InChI is InChI=1S/C12H22N4O/c1-12(2,16(3)4)11(15-13)9-6-10(17-5)8-14-7-9/h6-8,11,15H,13H2,1-5H3. The zero-order chi connectivity index (χ0) is 13.1. The molecule has 5 heteroatoms.